The largest absolute Gasteiger partial charge is 0.463 e. The Morgan fingerprint density at radius 3 is 2.50 bits per heavy atom. The van der Waals surface area contributed by atoms with Crippen LogP contribution >= 0.6 is 0 Å². The van der Waals surface area contributed by atoms with Crippen molar-refractivity contribution in [2.45, 2.75) is 71.3 Å². The number of aliphatic hydroxyl groups excluding tert-OH is 1. The van der Waals surface area contributed by atoms with Gasteiger partial charge in [0, 0.05) is 18.9 Å². The fraction of sp³-hybridized carbons (Fsp3) is 0.750. The van der Waals surface area contributed by atoms with Gasteiger partial charge in [-0.15, -0.1) is 0 Å². The minimum atomic E-state index is -0.886. The van der Waals surface area contributed by atoms with E-state index in [0.29, 0.717) is 5.57 Å². The number of esters is 1. The highest BCUT2D eigenvalue weighted by Gasteiger charge is 2.36. The molecule has 0 spiro atoms. The molecule has 1 aliphatic rings. The minimum absolute atomic E-state index is 0.00424. The van der Waals surface area contributed by atoms with Gasteiger partial charge in [0.2, 0.25) is 5.91 Å². The number of ether oxygens (including phenoxy) is 2. The lowest BCUT2D eigenvalue weighted by Crippen LogP contribution is -2.52. The van der Waals surface area contributed by atoms with E-state index in [0.717, 1.165) is 12.8 Å². The van der Waals surface area contributed by atoms with Crippen LogP contribution in [0.5, 0.6) is 0 Å². The van der Waals surface area contributed by atoms with Gasteiger partial charge in [0.05, 0.1) is 18.8 Å². The van der Waals surface area contributed by atoms with E-state index in [9.17, 15) is 14.7 Å². The molecule has 0 saturated heterocycles. The minimum Gasteiger partial charge on any atom is -0.463 e. The van der Waals surface area contributed by atoms with Gasteiger partial charge >= 0.3 is 5.97 Å². The summed E-state index contributed by atoms with van der Waals surface area (Å²) in [7, 11) is 0. The summed E-state index contributed by atoms with van der Waals surface area (Å²) < 4.78 is 10.9. The van der Waals surface area contributed by atoms with E-state index in [-0.39, 0.29) is 25.0 Å². The predicted octanol–water partition coefficient (Wildman–Crippen LogP) is 1.32. The summed E-state index contributed by atoms with van der Waals surface area (Å²) in [5.74, 6) is -0.682. The molecular weight excluding hydrogens is 286 g/mol. The first-order valence-corrected chi connectivity index (χ1v) is 7.91. The Hall–Kier alpha value is -1.40. The van der Waals surface area contributed by atoms with Gasteiger partial charge in [-0.05, 0) is 25.8 Å². The third-order valence-electron chi connectivity index (χ3n) is 3.74. The third kappa shape index (κ3) is 5.10. The van der Waals surface area contributed by atoms with E-state index in [1.807, 2.05) is 13.8 Å². The Balaban J connectivity index is 2.95. The van der Waals surface area contributed by atoms with Crippen LogP contribution in [0.3, 0.4) is 0 Å². The Bertz CT molecular complexity index is 417. The number of carbonyl (C=O) groups excluding carboxylic acids is 2. The molecule has 1 rings (SSSR count). The van der Waals surface area contributed by atoms with Crippen molar-refractivity contribution >= 4 is 11.9 Å². The van der Waals surface area contributed by atoms with E-state index in [1.165, 1.54) is 6.92 Å². The van der Waals surface area contributed by atoms with Crippen molar-refractivity contribution in [1.82, 2.24) is 5.32 Å². The fourth-order valence-electron chi connectivity index (χ4n) is 2.55. The van der Waals surface area contributed by atoms with Gasteiger partial charge < -0.3 is 19.9 Å². The van der Waals surface area contributed by atoms with E-state index in [1.54, 1.807) is 13.0 Å². The van der Waals surface area contributed by atoms with Gasteiger partial charge in [-0.3, -0.25) is 4.79 Å². The molecule has 0 unspecified atom stereocenters. The second-order valence-corrected chi connectivity index (χ2v) is 5.45. The first-order chi connectivity index (χ1) is 10.4. The standard InChI is InChI=1S/C16H27NO5/c1-5-12(6-2)22-14-9-11(16(20)21-7-3)8-13(15(14)19)17-10(4)18/h9,12-15,19H,5-8H2,1-4H3,(H,17,18)/t13-,14+,15+/m0/s1. The van der Waals surface area contributed by atoms with Gasteiger partial charge in [-0.25, -0.2) is 4.79 Å². The molecule has 0 aromatic rings. The van der Waals surface area contributed by atoms with Crippen LogP contribution in [0, 0.1) is 0 Å². The molecule has 22 heavy (non-hydrogen) atoms. The van der Waals surface area contributed by atoms with Crippen molar-refractivity contribution in [3.8, 4) is 0 Å². The van der Waals surface area contributed by atoms with Crippen LogP contribution in [0.15, 0.2) is 11.6 Å². The van der Waals surface area contributed by atoms with Crippen LogP contribution in [0.4, 0.5) is 0 Å². The van der Waals surface area contributed by atoms with Gasteiger partial charge in [-0.2, -0.15) is 0 Å². The Morgan fingerprint density at radius 2 is 2.00 bits per heavy atom. The highest BCUT2D eigenvalue weighted by atomic mass is 16.5. The number of rotatable bonds is 7. The maximum absolute atomic E-state index is 12.0. The number of carbonyl (C=O) groups is 2. The lowest BCUT2D eigenvalue weighted by Gasteiger charge is -2.35. The van der Waals surface area contributed by atoms with Crippen molar-refractivity contribution in [3.05, 3.63) is 11.6 Å². The van der Waals surface area contributed by atoms with Crippen LogP contribution in [-0.2, 0) is 19.1 Å². The Labute approximate surface area is 131 Å². The molecule has 0 aromatic carbocycles. The number of hydrogen-bond donors (Lipinski definition) is 2. The fourth-order valence-corrected chi connectivity index (χ4v) is 2.55. The highest BCUT2D eigenvalue weighted by molar-refractivity contribution is 5.89. The number of amides is 1. The van der Waals surface area contributed by atoms with Crippen molar-refractivity contribution in [3.63, 3.8) is 0 Å². The van der Waals surface area contributed by atoms with Crippen LogP contribution in [0.2, 0.25) is 0 Å². The van der Waals surface area contributed by atoms with Gasteiger partial charge in [-0.1, -0.05) is 13.8 Å². The molecule has 0 aromatic heterocycles. The average molecular weight is 313 g/mol. The number of nitrogens with one attached hydrogen (secondary N) is 1. The van der Waals surface area contributed by atoms with Crippen molar-refractivity contribution < 1.29 is 24.2 Å². The smallest absolute Gasteiger partial charge is 0.333 e. The second kappa shape index (κ2) is 8.90. The molecule has 1 amide bonds. The van der Waals surface area contributed by atoms with Gasteiger partial charge in [0.25, 0.3) is 0 Å². The molecule has 2 N–H and O–H groups in total. The van der Waals surface area contributed by atoms with Crippen LogP contribution in [0.1, 0.15) is 47.0 Å². The van der Waals surface area contributed by atoms with Crippen molar-refractivity contribution in [1.29, 1.82) is 0 Å². The number of hydrogen-bond acceptors (Lipinski definition) is 5. The first kappa shape index (κ1) is 18.6. The van der Waals surface area contributed by atoms with Crippen molar-refractivity contribution in [2.75, 3.05) is 6.61 Å². The summed E-state index contributed by atoms with van der Waals surface area (Å²) in [6.45, 7) is 7.41. The highest BCUT2D eigenvalue weighted by Crippen LogP contribution is 2.25. The average Bonchev–Trinajstić information content (AvgIpc) is 2.47. The quantitative estimate of drug-likeness (QED) is 0.692. The lowest BCUT2D eigenvalue weighted by molar-refractivity contribution is -0.140. The summed E-state index contributed by atoms with van der Waals surface area (Å²) in [4.78, 5) is 23.3. The Morgan fingerprint density at radius 1 is 1.36 bits per heavy atom. The first-order valence-electron chi connectivity index (χ1n) is 7.91. The molecule has 0 radical (unpaired) electrons. The molecular formula is C16H27NO5. The molecule has 3 atom stereocenters. The lowest BCUT2D eigenvalue weighted by atomic mass is 9.89. The molecule has 0 saturated carbocycles. The summed E-state index contributed by atoms with van der Waals surface area (Å²) in [5, 5.41) is 13.1. The van der Waals surface area contributed by atoms with E-state index >= 15 is 0 Å². The molecule has 1 aliphatic carbocycles. The molecule has 0 heterocycles. The summed E-state index contributed by atoms with van der Waals surface area (Å²) >= 11 is 0. The summed E-state index contributed by atoms with van der Waals surface area (Å²) in [6, 6.07) is -0.554. The Kier molecular flexibility index (Phi) is 7.55. The SMILES string of the molecule is CCOC(=O)C1=C[C@@H](OC(CC)CC)[C@H](O)[C@@H](NC(C)=O)C1. The van der Waals surface area contributed by atoms with Crippen LogP contribution in [-0.4, -0.2) is 47.9 Å². The zero-order chi connectivity index (χ0) is 16.7. The summed E-state index contributed by atoms with van der Waals surface area (Å²) in [6.07, 6.45) is 1.97. The molecule has 0 aliphatic heterocycles. The molecule has 6 heteroatoms. The monoisotopic (exact) mass is 313 g/mol. The molecule has 6 nitrogen and oxygen atoms in total. The zero-order valence-corrected chi connectivity index (χ0v) is 13.8. The van der Waals surface area contributed by atoms with Crippen molar-refractivity contribution in [2.24, 2.45) is 0 Å². The van der Waals surface area contributed by atoms with Crippen LogP contribution < -0.4 is 5.32 Å². The van der Waals surface area contributed by atoms with E-state index in [2.05, 4.69) is 5.32 Å². The van der Waals surface area contributed by atoms with Gasteiger partial charge in [0.15, 0.2) is 0 Å². The predicted molar refractivity (Wildman–Crippen MR) is 82.2 cm³/mol. The molecule has 126 valence electrons. The topological polar surface area (TPSA) is 84.9 Å². The maximum Gasteiger partial charge on any atom is 0.333 e. The van der Waals surface area contributed by atoms with Crippen LogP contribution in [0.25, 0.3) is 0 Å². The molecule has 0 bridgehead atoms. The van der Waals surface area contributed by atoms with E-state index in [4.69, 9.17) is 9.47 Å². The summed E-state index contributed by atoms with van der Waals surface area (Å²) in [5.41, 5.74) is 0.432. The maximum atomic E-state index is 12.0. The number of aliphatic hydroxyl groups is 1. The normalized spacial score (nSPS) is 24.8. The second-order valence-electron chi connectivity index (χ2n) is 5.45. The zero-order valence-electron chi connectivity index (χ0n) is 13.8. The third-order valence-corrected chi connectivity index (χ3v) is 3.74. The molecule has 0 fully saturated rings. The van der Waals surface area contributed by atoms with E-state index < -0.39 is 24.2 Å². The van der Waals surface area contributed by atoms with Gasteiger partial charge in [0.1, 0.15) is 12.2 Å².